The van der Waals surface area contributed by atoms with E-state index in [1.54, 1.807) is 48.5 Å². The maximum absolute atomic E-state index is 13.4. The molecule has 0 unspecified atom stereocenters. The molecule has 406 valence electrons. The summed E-state index contributed by atoms with van der Waals surface area (Å²) in [5.74, 6) is -1.39. The minimum Gasteiger partial charge on any atom is -0.378 e. The number of amides is 3. The van der Waals surface area contributed by atoms with Crippen molar-refractivity contribution in [1.82, 2.24) is 25.4 Å². The largest absolute Gasteiger partial charge is 0.378 e. The van der Waals surface area contributed by atoms with Gasteiger partial charge in [0, 0.05) is 64.7 Å². The Kier molecular flexibility index (Phi) is 27.7. The molecular formula is C51H75N5O14S3. The van der Waals surface area contributed by atoms with E-state index in [0.717, 1.165) is 16.7 Å². The monoisotopic (exact) mass is 1080 g/mol. The Morgan fingerprint density at radius 2 is 0.877 bits per heavy atom. The minimum absolute atomic E-state index is 0.0146. The molecule has 5 N–H and O–H groups in total. The van der Waals surface area contributed by atoms with Gasteiger partial charge in [0.25, 0.3) is 0 Å². The van der Waals surface area contributed by atoms with Crippen molar-refractivity contribution in [3.8, 4) is 0 Å². The SMILES string of the molecule is CC(=O)CCCC(=O)NC(COCCC(=O)CCCCCS(=O)(=O)c1ccc(C)cc1)(COCCC(=O)NCCCNS(=O)(=O)c1ccc(C)cc1)COCCC(=O)NCCCNS(=O)(=O)c1ccc(C)cc1. The summed E-state index contributed by atoms with van der Waals surface area (Å²) in [6, 6.07) is 19.5. The first kappa shape index (κ1) is 62.4. The first-order chi connectivity index (χ1) is 34.6. The highest BCUT2D eigenvalue weighted by molar-refractivity contribution is 7.91. The fourth-order valence-corrected chi connectivity index (χ4v) is 10.5. The Morgan fingerprint density at radius 3 is 1.32 bits per heavy atom. The summed E-state index contributed by atoms with van der Waals surface area (Å²) in [4.78, 5) is 63.8. The maximum atomic E-state index is 13.4. The Labute approximate surface area is 432 Å². The van der Waals surface area contributed by atoms with Crippen molar-refractivity contribution in [3.05, 3.63) is 89.5 Å². The van der Waals surface area contributed by atoms with Crippen LogP contribution < -0.4 is 25.4 Å². The molecule has 3 aromatic rings. The minimum atomic E-state index is -3.71. The maximum Gasteiger partial charge on any atom is 0.240 e. The van der Waals surface area contributed by atoms with Gasteiger partial charge in [-0.2, -0.15) is 0 Å². The third-order valence-corrected chi connectivity index (χ3v) is 16.1. The summed E-state index contributed by atoms with van der Waals surface area (Å²) in [6.45, 7) is 6.70. The second-order valence-corrected chi connectivity index (χ2v) is 23.7. The van der Waals surface area contributed by atoms with Gasteiger partial charge in [-0.25, -0.2) is 34.7 Å². The number of nitrogens with one attached hydrogen (secondary N) is 5. The van der Waals surface area contributed by atoms with Gasteiger partial charge in [0.15, 0.2) is 9.84 Å². The van der Waals surface area contributed by atoms with Crippen LogP contribution in [0.4, 0.5) is 0 Å². The zero-order valence-corrected chi connectivity index (χ0v) is 45.1. The van der Waals surface area contributed by atoms with Crippen LogP contribution in [0.5, 0.6) is 0 Å². The van der Waals surface area contributed by atoms with Gasteiger partial charge in [-0.1, -0.05) is 59.5 Å². The summed E-state index contributed by atoms with van der Waals surface area (Å²) in [7, 11) is -10.9. The topological polar surface area (TPSA) is 276 Å². The molecule has 0 radical (unpaired) electrons. The Balaban J connectivity index is 1.55. The number of benzene rings is 3. The number of Topliss-reactive ketones (excluding diaryl/α,β-unsaturated/α-hetero) is 2. The predicted molar refractivity (Wildman–Crippen MR) is 276 cm³/mol. The lowest BCUT2D eigenvalue weighted by molar-refractivity contribution is -0.130. The smallest absolute Gasteiger partial charge is 0.240 e. The van der Waals surface area contributed by atoms with Crippen molar-refractivity contribution >= 4 is 59.2 Å². The summed E-state index contributed by atoms with van der Waals surface area (Å²) >= 11 is 0. The van der Waals surface area contributed by atoms with E-state index >= 15 is 0 Å². The van der Waals surface area contributed by atoms with Gasteiger partial charge in [-0.15, -0.1) is 0 Å². The van der Waals surface area contributed by atoms with E-state index in [1.165, 1.54) is 31.2 Å². The van der Waals surface area contributed by atoms with Crippen LogP contribution >= 0.6 is 0 Å². The van der Waals surface area contributed by atoms with E-state index < -0.39 is 41.3 Å². The van der Waals surface area contributed by atoms with E-state index in [2.05, 4.69) is 25.4 Å². The first-order valence-electron chi connectivity index (χ1n) is 24.6. The number of ketones is 2. The van der Waals surface area contributed by atoms with Crippen molar-refractivity contribution in [2.24, 2.45) is 0 Å². The van der Waals surface area contributed by atoms with E-state index in [0.29, 0.717) is 32.1 Å². The number of hydrogen-bond donors (Lipinski definition) is 5. The number of sulfone groups is 1. The van der Waals surface area contributed by atoms with Gasteiger partial charge in [-0.05, 0) is 96.2 Å². The average molecular weight is 1080 g/mol. The third-order valence-electron chi connectivity index (χ3n) is 11.3. The number of ether oxygens (including phenoxy) is 3. The van der Waals surface area contributed by atoms with Gasteiger partial charge in [-0.3, -0.25) is 19.2 Å². The molecule has 0 bridgehead atoms. The standard InChI is InChI=1S/C51H75N5O14S3/c1-40-14-20-45(21-15-40)71(62,63)36-7-5-6-12-44(58)26-33-68-37-51(56-50(61)13-8-11-43(4)57,38-69-34-27-48(59)52-29-9-31-54-72(64,65)46-22-16-41(2)17-23-46)39-70-35-28-49(60)53-30-10-32-55-73(66,67)47-24-18-42(3)19-25-47/h14-25,54-55H,5-13,26-39H2,1-4H3,(H,52,59)(H,53,60)(H,56,61). The molecule has 0 heterocycles. The fourth-order valence-electron chi connectivity index (χ4n) is 7.01. The van der Waals surface area contributed by atoms with E-state index in [1.807, 2.05) is 20.8 Å². The number of carbonyl (C=O) groups excluding carboxylic acids is 5. The number of sulfonamides is 2. The van der Waals surface area contributed by atoms with Crippen LogP contribution in [0.1, 0.15) is 101 Å². The Bertz CT molecular complexity index is 2290. The lowest BCUT2D eigenvalue weighted by Gasteiger charge is -2.34. The van der Waals surface area contributed by atoms with Crippen LogP contribution in [0.15, 0.2) is 87.5 Å². The zero-order valence-electron chi connectivity index (χ0n) is 42.6. The molecule has 22 heteroatoms. The number of rotatable bonds is 39. The number of unbranched alkanes of at least 4 members (excludes halogenated alkanes) is 2. The molecule has 0 saturated carbocycles. The van der Waals surface area contributed by atoms with Gasteiger partial charge in [0.05, 0.1) is 60.1 Å². The molecule has 3 aromatic carbocycles. The van der Waals surface area contributed by atoms with Gasteiger partial charge >= 0.3 is 0 Å². The summed E-state index contributed by atoms with van der Waals surface area (Å²) in [5, 5.41) is 8.38. The van der Waals surface area contributed by atoms with Crippen LogP contribution in [0.2, 0.25) is 0 Å². The van der Waals surface area contributed by atoms with Gasteiger partial charge in [0.2, 0.25) is 37.8 Å². The molecule has 0 fully saturated rings. The van der Waals surface area contributed by atoms with Crippen molar-refractivity contribution in [2.45, 2.75) is 125 Å². The van der Waals surface area contributed by atoms with Crippen molar-refractivity contribution in [1.29, 1.82) is 0 Å². The molecule has 3 rings (SSSR count). The van der Waals surface area contributed by atoms with Crippen molar-refractivity contribution in [2.75, 3.05) is 71.6 Å². The number of carbonyl (C=O) groups is 5. The molecule has 73 heavy (non-hydrogen) atoms. The lowest BCUT2D eigenvalue weighted by atomic mass is 10.0. The molecule has 0 atom stereocenters. The molecular weight excluding hydrogens is 1000 g/mol. The van der Waals surface area contributed by atoms with Crippen LogP contribution in [0.25, 0.3) is 0 Å². The van der Waals surface area contributed by atoms with Crippen LogP contribution in [-0.4, -0.2) is 132 Å². The van der Waals surface area contributed by atoms with E-state index in [-0.39, 0.29) is 155 Å². The molecule has 3 amide bonds. The molecule has 0 aromatic heterocycles. The van der Waals surface area contributed by atoms with Crippen LogP contribution in [0, 0.1) is 20.8 Å². The molecule has 0 aliphatic heterocycles. The normalized spacial score (nSPS) is 12.1. The Morgan fingerprint density at radius 1 is 0.452 bits per heavy atom. The van der Waals surface area contributed by atoms with E-state index in [9.17, 15) is 49.2 Å². The quantitative estimate of drug-likeness (QED) is 0.0498. The van der Waals surface area contributed by atoms with Crippen LogP contribution in [-0.2, 0) is 68.1 Å². The predicted octanol–water partition coefficient (Wildman–Crippen LogP) is 4.32. The number of aryl methyl sites for hydroxylation is 3. The van der Waals surface area contributed by atoms with Crippen LogP contribution in [0.3, 0.4) is 0 Å². The van der Waals surface area contributed by atoms with Gasteiger partial charge < -0.3 is 35.0 Å². The summed E-state index contributed by atoms with van der Waals surface area (Å²) in [6.07, 6.45) is 2.58. The second-order valence-electron chi connectivity index (χ2n) is 18.1. The fraction of sp³-hybridized carbons (Fsp3) is 0.549. The van der Waals surface area contributed by atoms with Gasteiger partial charge in [0.1, 0.15) is 17.1 Å². The third kappa shape index (κ3) is 25.7. The molecule has 0 aliphatic carbocycles. The number of hydrogen-bond acceptors (Lipinski definition) is 14. The highest BCUT2D eigenvalue weighted by atomic mass is 32.2. The lowest BCUT2D eigenvalue weighted by Crippen LogP contribution is -2.58. The zero-order chi connectivity index (χ0) is 53.8. The van der Waals surface area contributed by atoms with Crippen molar-refractivity contribution < 1.29 is 63.4 Å². The van der Waals surface area contributed by atoms with Crippen molar-refractivity contribution in [3.63, 3.8) is 0 Å². The molecule has 0 aliphatic rings. The summed E-state index contributed by atoms with van der Waals surface area (Å²) in [5.41, 5.74) is 1.43. The second kappa shape index (κ2) is 32.4. The molecule has 19 nitrogen and oxygen atoms in total. The first-order valence-corrected chi connectivity index (χ1v) is 29.2. The highest BCUT2D eigenvalue weighted by Gasteiger charge is 2.34. The molecule has 0 saturated heterocycles. The van der Waals surface area contributed by atoms with E-state index in [4.69, 9.17) is 14.2 Å². The Hall–Kier alpha value is -4.94. The average Bonchev–Trinajstić information content (AvgIpc) is 3.33. The highest BCUT2D eigenvalue weighted by Crippen LogP contribution is 2.17. The summed E-state index contributed by atoms with van der Waals surface area (Å²) < 4.78 is 98.6. The molecule has 0 spiro atoms.